The Morgan fingerprint density at radius 2 is 1.60 bits per heavy atom. The fraction of sp³-hybridized carbons (Fsp3) is 0.0556. The molecule has 0 saturated heterocycles. The molecule has 0 aliphatic heterocycles. The minimum atomic E-state index is 0.0749. The summed E-state index contributed by atoms with van der Waals surface area (Å²) in [5.41, 5.74) is 2.82. The van der Waals surface area contributed by atoms with E-state index in [1.54, 1.807) is 0 Å². The van der Waals surface area contributed by atoms with Gasteiger partial charge in [0.05, 0.1) is 5.52 Å². The molecule has 0 N–H and O–H groups in total. The molecule has 2 aromatic carbocycles. The average Bonchev–Trinajstić information content (AvgIpc) is 2.50. The molecule has 0 spiro atoms. The van der Waals surface area contributed by atoms with Crippen LogP contribution in [0.4, 0.5) is 0 Å². The van der Waals surface area contributed by atoms with Crippen LogP contribution in [0.15, 0.2) is 65.6 Å². The highest BCUT2D eigenvalue weighted by Crippen LogP contribution is 2.12. The van der Waals surface area contributed by atoms with Crippen LogP contribution >= 0.6 is 0 Å². The van der Waals surface area contributed by atoms with Gasteiger partial charge < -0.3 is 4.57 Å². The lowest BCUT2D eigenvalue weighted by atomic mass is 10.1. The summed E-state index contributed by atoms with van der Waals surface area (Å²) in [4.78, 5) is 12.4. The van der Waals surface area contributed by atoms with E-state index in [-0.39, 0.29) is 5.43 Å². The van der Waals surface area contributed by atoms with Crippen molar-refractivity contribution in [2.45, 2.75) is 0 Å². The predicted molar refractivity (Wildman–Crippen MR) is 84.6 cm³/mol. The molecule has 1 heterocycles. The molecule has 0 aliphatic carbocycles. The summed E-state index contributed by atoms with van der Waals surface area (Å²) in [7, 11) is 1.96. The number of pyridine rings is 1. The molecule has 0 amide bonds. The highest BCUT2D eigenvalue weighted by Gasteiger charge is 2.04. The van der Waals surface area contributed by atoms with Gasteiger partial charge in [-0.2, -0.15) is 0 Å². The number of hydrogen-bond acceptors (Lipinski definition) is 1. The van der Waals surface area contributed by atoms with Gasteiger partial charge in [0.2, 0.25) is 0 Å². The molecule has 0 saturated carbocycles. The van der Waals surface area contributed by atoms with Gasteiger partial charge in [0, 0.05) is 24.2 Å². The third kappa shape index (κ3) is 2.28. The number of rotatable bonds is 2. The maximum Gasteiger partial charge on any atom is 0.196 e. The van der Waals surface area contributed by atoms with Crippen molar-refractivity contribution in [2.75, 3.05) is 0 Å². The van der Waals surface area contributed by atoms with Gasteiger partial charge in [0.1, 0.15) is 0 Å². The number of benzene rings is 2. The molecule has 20 heavy (non-hydrogen) atoms. The molecule has 1 aromatic heterocycles. The predicted octanol–water partition coefficient (Wildman–Crippen LogP) is 3.71. The second-order valence-corrected chi connectivity index (χ2v) is 4.79. The summed E-state index contributed by atoms with van der Waals surface area (Å²) in [6, 6.07) is 17.7. The highest BCUT2D eigenvalue weighted by molar-refractivity contribution is 5.82. The lowest BCUT2D eigenvalue weighted by Crippen LogP contribution is -2.10. The van der Waals surface area contributed by atoms with Crippen LogP contribution in [0.1, 0.15) is 11.1 Å². The SMILES string of the molecule is Cn1cc(C=Cc2ccccc2)c(=O)c2ccccc21. The molecule has 0 unspecified atom stereocenters. The Labute approximate surface area is 117 Å². The Morgan fingerprint density at radius 3 is 2.40 bits per heavy atom. The maximum atomic E-state index is 12.4. The summed E-state index contributed by atoms with van der Waals surface area (Å²) in [5.74, 6) is 0. The average molecular weight is 261 g/mol. The Bertz CT molecular complexity index is 829. The molecule has 0 radical (unpaired) electrons. The Balaban J connectivity index is 2.11. The fourth-order valence-corrected chi connectivity index (χ4v) is 2.33. The van der Waals surface area contributed by atoms with Crippen LogP contribution in [-0.2, 0) is 7.05 Å². The molecule has 98 valence electrons. The number of aromatic nitrogens is 1. The topological polar surface area (TPSA) is 22.0 Å². The second kappa shape index (κ2) is 5.17. The summed E-state index contributed by atoms with van der Waals surface area (Å²) in [6.07, 6.45) is 5.72. The van der Waals surface area contributed by atoms with Crippen LogP contribution in [0.5, 0.6) is 0 Å². The van der Waals surface area contributed by atoms with Crippen molar-refractivity contribution in [3.05, 3.63) is 82.1 Å². The van der Waals surface area contributed by atoms with Crippen molar-refractivity contribution in [1.29, 1.82) is 0 Å². The van der Waals surface area contributed by atoms with E-state index in [1.165, 1.54) is 0 Å². The van der Waals surface area contributed by atoms with E-state index in [0.717, 1.165) is 16.5 Å². The van der Waals surface area contributed by atoms with Crippen molar-refractivity contribution < 1.29 is 0 Å². The zero-order valence-corrected chi connectivity index (χ0v) is 11.3. The molecule has 2 heteroatoms. The number of para-hydroxylation sites is 1. The summed E-state index contributed by atoms with van der Waals surface area (Å²) in [6.45, 7) is 0. The van der Waals surface area contributed by atoms with Gasteiger partial charge in [0.25, 0.3) is 0 Å². The number of aryl methyl sites for hydroxylation is 1. The molecule has 0 fully saturated rings. The van der Waals surface area contributed by atoms with Crippen molar-refractivity contribution in [3.63, 3.8) is 0 Å². The van der Waals surface area contributed by atoms with E-state index in [1.807, 2.05) is 84.6 Å². The van der Waals surface area contributed by atoms with Gasteiger partial charge in [-0.25, -0.2) is 0 Å². The minimum absolute atomic E-state index is 0.0749. The van der Waals surface area contributed by atoms with Gasteiger partial charge in [-0.1, -0.05) is 48.5 Å². The minimum Gasteiger partial charge on any atom is -0.350 e. The molecule has 2 nitrogen and oxygen atoms in total. The highest BCUT2D eigenvalue weighted by atomic mass is 16.1. The lowest BCUT2D eigenvalue weighted by molar-refractivity contribution is 0.947. The molecule has 0 aliphatic rings. The van der Waals surface area contributed by atoms with Crippen LogP contribution in [0, 0.1) is 0 Å². The van der Waals surface area contributed by atoms with E-state index in [0.29, 0.717) is 5.56 Å². The number of hydrogen-bond donors (Lipinski definition) is 0. The van der Waals surface area contributed by atoms with E-state index in [4.69, 9.17) is 0 Å². The fourth-order valence-electron chi connectivity index (χ4n) is 2.33. The van der Waals surface area contributed by atoms with Crippen LogP contribution in [-0.4, -0.2) is 4.57 Å². The molecule has 3 aromatic rings. The van der Waals surface area contributed by atoms with Gasteiger partial charge in [-0.05, 0) is 23.8 Å². The third-order valence-electron chi connectivity index (χ3n) is 3.38. The normalized spacial score (nSPS) is 11.2. The van der Waals surface area contributed by atoms with Crippen LogP contribution in [0.2, 0.25) is 0 Å². The quantitative estimate of drug-likeness (QED) is 0.689. The number of nitrogens with zero attached hydrogens (tertiary/aromatic N) is 1. The first-order chi connectivity index (χ1) is 9.75. The molecular weight excluding hydrogens is 246 g/mol. The molecule has 0 bridgehead atoms. The monoisotopic (exact) mass is 261 g/mol. The first kappa shape index (κ1) is 12.4. The summed E-state index contributed by atoms with van der Waals surface area (Å²) in [5, 5.41) is 0.755. The van der Waals surface area contributed by atoms with E-state index in [9.17, 15) is 4.79 Å². The Morgan fingerprint density at radius 1 is 0.900 bits per heavy atom. The van der Waals surface area contributed by atoms with Gasteiger partial charge in [-0.3, -0.25) is 4.79 Å². The van der Waals surface area contributed by atoms with Gasteiger partial charge in [0.15, 0.2) is 5.43 Å². The lowest BCUT2D eigenvalue weighted by Gasteiger charge is -2.06. The zero-order chi connectivity index (χ0) is 13.9. The number of fused-ring (bicyclic) bond motifs is 1. The Hall–Kier alpha value is -2.61. The van der Waals surface area contributed by atoms with Crippen molar-refractivity contribution in [3.8, 4) is 0 Å². The Kier molecular flexibility index (Phi) is 3.21. The molecule has 0 atom stereocenters. The van der Waals surface area contributed by atoms with Gasteiger partial charge >= 0.3 is 0 Å². The van der Waals surface area contributed by atoms with Gasteiger partial charge in [-0.15, -0.1) is 0 Å². The van der Waals surface area contributed by atoms with Crippen LogP contribution < -0.4 is 5.43 Å². The van der Waals surface area contributed by atoms with Crippen molar-refractivity contribution in [2.24, 2.45) is 7.05 Å². The first-order valence-corrected chi connectivity index (χ1v) is 6.57. The third-order valence-corrected chi connectivity index (χ3v) is 3.38. The van der Waals surface area contributed by atoms with Crippen LogP contribution in [0.3, 0.4) is 0 Å². The molecular formula is C18H15NO. The van der Waals surface area contributed by atoms with E-state index in [2.05, 4.69) is 0 Å². The summed E-state index contributed by atoms with van der Waals surface area (Å²) < 4.78 is 1.99. The smallest absolute Gasteiger partial charge is 0.196 e. The first-order valence-electron chi connectivity index (χ1n) is 6.57. The largest absolute Gasteiger partial charge is 0.350 e. The second-order valence-electron chi connectivity index (χ2n) is 4.79. The van der Waals surface area contributed by atoms with Crippen molar-refractivity contribution >= 4 is 23.1 Å². The van der Waals surface area contributed by atoms with Crippen LogP contribution in [0.25, 0.3) is 23.1 Å². The van der Waals surface area contributed by atoms with E-state index < -0.39 is 0 Å². The molecule has 3 rings (SSSR count). The summed E-state index contributed by atoms with van der Waals surface area (Å²) >= 11 is 0. The van der Waals surface area contributed by atoms with E-state index >= 15 is 0 Å². The maximum absolute atomic E-state index is 12.4. The zero-order valence-electron chi connectivity index (χ0n) is 11.3. The van der Waals surface area contributed by atoms with Crippen molar-refractivity contribution in [1.82, 2.24) is 4.57 Å². The standard InChI is InChI=1S/C18H15NO/c1-19-13-15(12-11-14-7-3-2-4-8-14)18(20)16-9-5-6-10-17(16)19/h2-13H,1H3.